The minimum Gasteiger partial charge on any atom is -0.353 e. The average molecular weight is 144 g/mol. The molecule has 0 saturated carbocycles. The molecule has 3 nitrogen and oxygen atoms in total. The fraction of sp³-hybridized carbons (Fsp3) is 0.571. The number of unbranched alkanes of at least 4 members (excludes halogenated alkanes) is 1. The normalized spacial score (nSPS) is 7.70. The van der Waals surface area contributed by atoms with E-state index >= 15 is 0 Å². The van der Waals surface area contributed by atoms with Gasteiger partial charge in [-0.3, -0.25) is 4.79 Å². The number of carbonyl (C=O) groups excluding carboxylic acids is 1. The van der Waals surface area contributed by atoms with E-state index in [0.717, 1.165) is 19.4 Å². The molecule has 3 heteroatoms. The molecule has 0 spiro atoms. The summed E-state index contributed by atoms with van der Waals surface area (Å²) >= 11 is 0. The van der Waals surface area contributed by atoms with Crippen molar-refractivity contribution in [2.45, 2.75) is 19.8 Å². The Bertz CT molecular complexity index is 102. The summed E-state index contributed by atoms with van der Waals surface area (Å²) < 4.78 is 0. The van der Waals surface area contributed by atoms with E-state index < -0.39 is 0 Å². The van der Waals surface area contributed by atoms with Crippen molar-refractivity contribution < 1.29 is 4.79 Å². The highest BCUT2D eigenvalue weighted by atomic mass is 16.1. The van der Waals surface area contributed by atoms with Crippen LogP contribution in [0.25, 0.3) is 0 Å². The zero-order valence-corrected chi connectivity index (χ0v) is 6.52. The first-order valence-corrected chi connectivity index (χ1v) is 3.21. The predicted octanol–water partition coefficient (Wildman–Crippen LogP) is 1.25. The highest BCUT2D eigenvalue weighted by Gasteiger charge is 1.88. The minimum atomic E-state index is -0.0801. The zero-order valence-electron chi connectivity index (χ0n) is 6.52. The van der Waals surface area contributed by atoms with Gasteiger partial charge in [0.25, 0.3) is 0 Å². The molecular weight excluding hydrogens is 128 g/mol. The van der Waals surface area contributed by atoms with E-state index in [4.69, 9.17) is 0 Å². The first-order valence-electron chi connectivity index (χ1n) is 3.21. The maximum atomic E-state index is 10.5. The van der Waals surface area contributed by atoms with Crippen LogP contribution in [0.5, 0.6) is 0 Å². The van der Waals surface area contributed by atoms with E-state index in [1.807, 2.05) is 0 Å². The molecule has 10 heavy (non-hydrogen) atoms. The van der Waals surface area contributed by atoms with Gasteiger partial charge in [-0.2, -0.15) is 0 Å². The molecule has 0 aliphatic carbocycles. The summed E-state index contributed by atoms with van der Waals surface area (Å²) in [5, 5.41) is 2.68. The Hall–Kier alpha value is -0.830. The molecule has 0 aliphatic heterocycles. The van der Waals surface area contributed by atoms with Gasteiger partial charge >= 0.3 is 0 Å². The van der Waals surface area contributed by atoms with Crippen molar-refractivity contribution in [3.63, 3.8) is 0 Å². The number of amides is 1. The third-order valence-corrected chi connectivity index (χ3v) is 1.01. The third-order valence-electron chi connectivity index (χ3n) is 1.01. The van der Waals surface area contributed by atoms with Crippen LogP contribution in [0.1, 0.15) is 19.8 Å². The summed E-state index contributed by atoms with van der Waals surface area (Å²) in [5.74, 6) is -0.0801. The number of carbonyl (C=O) groups is 1. The zero-order chi connectivity index (χ0) is 7.11. The second kappa shape index (κ2) is 8.17. The van der Waals surface area contributed by atoms with Crippen molar-refractivity contribution in [3.05, 3.63) is 12.7 Å². The molecule has 0 bridgehead atoms. The molecule has 0 aromatic carbocycles. The Kier molecular flexibility index (Phi) is 9.73. The average Bonchev–Trinajstić information content (AvgIpc) is 1.89. The van der Waals surface area contributed by atoms with Gasteiger partial charge in [0.1, 0.15) is 0 Å². The number of rotatable bonds is 4. The van der Waals surface area contributed by atoms with Crippen LogP contribution >= 0.6 is 0 Å². The fourth-order valence-corrected chi connectivity index (χ4v) is 0.461. The maximum absolute atomic E-state index is 10.5. The third kappa shape index (κ3) is 7.17. The van der Waals surface area contributed by atoms with Gasteiger partial charge in [0.2, 0.25) is 5.91 Å². The Morgan fingerprint density at radius 1 is 1.70 bits per heavy atom. The summed E-state index contributed by atoms with van der Waals surface area (Å²) in [5.41, 5.74) is 0. The fourth-order valence-electron chi connectivity index (χ4n) is 0.461. The molecule has 0 saturated heterocycles. The topological polar surface area (TPSA) is 64.1 Å². The minimum absolute atomic E-state index is 0. The van der Waals surface area contributed by atoms with E-state index in [0.29, 0.717) is 0 Å². The second-order valence-corrected chi connectivity index (χ2v) is 1.85. The second-order valence-electron chi connectivity index (χ2n) is 1.85. The Labute approximate surface area is 62.1 Å². The lowest BCUT2D eigenvalue weighted by atomic mass is 10.3. The molecule has 0 unspecified atom stereocenters. The molecular formula is C7H16N2O. The van der Waals surface area contributed by atoms with Crippen LogP contribution < -0.4 is 11.5 Å². The summed E-state index contributed by atoms with van der Waals surface area (Å²) in [7, 11) is 0. The van der Waals surface area contributed by atoms with Crippen LogP contribution in [0, 0.1) is 0 Å². The summed E-state index contributed by atoms with van der Waals surface area (Å²) in [4.78, 5) is 10.5. The number of nitrogens with one attached hydrogen (secondary N) is 1. The van der Waals surface area contributed by atoms with Crippen LogP contribution in [0.15, 0.2) is 12.7 Å². The van der Waals surface area contributed by atoms with Gasteiger partial charge in [-0.05, 0) is 12.5 Å². The highest BCUT2D eigenvalue weighted by Crippen LogP contribution is 1.81. The van der Waals surface area contributed by atoms with Gasteiger partial charge in [0, 0.05) is 6.54 Å². The molecule has 1 amide bonds. The molecule has 4 N–H and O–H groups in total. The lowest BCUT2D eigenvalue weighted by Crippen LogP contribution is -2.21. The quantitative estimate of drug-likeness (QED) is 0.460. The summed E-state index contributed by atoms with van der Waals surface area (Å²) in [6.07, 6.45) is 3.44. The number of hydrogen-bond donors (Lipinski definition) is 2. The highest BCUT2D eigenvalue weighted by molar-refractivity contribution is 5.86. The first kappa shape index (κ1) is 11.9. The molecule has 0 heterocycles. The van der Waals surface area contributed by atoms with E-state index in [1.54, 1.807) is 0 Å². The van der Waals surface area contributed by atoms with Gasteiger partial charge in [-0.15, -0.1) is 0 Å². The van der Waals surface area contributed by atoms with Gasteiger partial charge in [-0.1, -0.05) is 19.9 Å². The largest absolute Gasteiger partial charge is 0.353 e. The van der Waals surface area contributed by atoms with E-state index in [2.05, 4.69) is 18.8 Å². The van der Waals surface area contributed by atoms with Crippen LogP contribution in [0.4, 0.5) is 0 Å². The van der Waals surface area contributed by atoms with Crippen LogP contribution in [0.2, 0.25) is 0 Å². The smallest absolute Gasteiger partial charge is 0.243 e. The standard InChI is InChI=1S/C7H13NO.H3N/c1-3-5-6-8-7(9)4-2;/h4H,2-3,5-6H2,1H3,(H,8,9);1H3. The maximum Gasteiger partial charge on any atom is 0.243 e. The lowest BCUT2D eigenvalue weighted by molar-refractivity contribution is -0.116. The molecule has 0 fully saturated rings. The summed E-state index contributed by atoms with van der Waals surface area (Å²) in [6, 6.07) is 0. The van der Waals surface area contributed by atoms with Crippen molar-refractivity contribution in [1.29, 1.82) is 0 Å². The molecule has 0 aromatic rings. The monoisotopic (exact) mass is 144 g/mol. The van der Waals surface area contributed by atoms with Crippen LogP contribution in [-0.4, -0.2) is 12.5 Å². The van der Waals surface area contributed by atoms with Crippen molar-refractivity contribution in [1.82, 2.24) is 11.5 Å². The molecule has 0 aliphatic rings. The lowest BCUT2D eigenvalue weighted by Gasteiger charge is -1.97. The van der Waals surface area contributed by atoms with Gasteiger partial charge in [0.15, 0.2) is 0 Å². The van der Waals surface area contributed by atoms with Crippen LogP contribution in [-0.2, 0) is 4.79 Å². The van der Waals surface area contributed by atoms with Crippen molar-refractivity contribution >= 4 is 5.91 Å². The van der Waals surface area contributed by atoms with Crippen LogP contribution in [0.3, 0.4) is 0 Å². The van der Waals surface area contributed by atoms with E-state index in [9.17, 15) is 4.79 Å². The van der Waals surface area contributed by atoms with E-state index in [-0.39, 0.29) is 12.1 Å². The molecule has 0 aromatic heterocycles. The molecule has 0 atom stereocenters. The SMILES string of the molecule is C=CC(=O)NCCCC.N. The van der Waals surface area contributed by atoms with E-state index in [1.165, 1.54) is 6.08 Å². The molecule has 0 rings (SSSR count). The number of hydrogen-bond acceptors (Lipinski definition) is 2. The molecule has 60 valence electrons. The molecule has 0 radical (unpaired) electrons. The Morgan fingerprint density at radius 2 is 2.30 bits per heavy atom. The predicted molar refractivity (Wildman–Crippen MR) is 43.1 cm³/mol. The summed E-state index contributed by atoms with van der Waals surface area (Å²) in [6.45, 7) is 6.18. The van der Waals surface area contributed by atoms with Gasteiger partial charge in [0.05, 0.1) is 0 Å². The van der Waals surface area contributed by atoms with Gasteiger partial charge < -0.3 is 11.5 Å². The van der Waals surface area contributed by atoms with Crippen molar-refractivity contribution in [2.24, 2.45) is 0 Å². The Balaban J connectivity index is 0. The van der Waals surface area contributed by atoms with Crippen molar-refractivity contribution in [3.8, 4) is 0 Å². The van der Waals surface area contributed by atoms with Gasteiger partial charge in [-0.25, -0.2) is 0 Å². The Morgan fingerprint density at radius 3 is 2.70 bits per heavy atom. The van der Waals surface area contributed by atoms with Crippen molar-refractivity contribution in [2.75, 3.05) is 6.54 Å². The first-order chi connectivity index (χ1) is 4.31.